The standard InChI is InChI=1S/C11H15FN4O/c1-11(2,17)7-16-6-9(5-14-16)10-8(3-12)4-13-15-10/h4-6,17H,3,7H2,1-2H3,(H,13,15). The lowest BCUT2D eigenvalue weighted by atomic mass is 10.1. The van der Waals surface area contributed by atoms with Crippen LogP contribution in [-0.2, 0) is 13.2 Å². The van der Waals surface area contributed by atoms with Crippen molar-refractivity contribution in [2.45, 2.75) is 32.7 Å². The highest BCUT2D eigenvalue weighted by Crippen LogP contribution is 2.21. The van der Waals surface area contributed by atoms with Gasteiger partial charge in [0.15, 0.2) is 0 Å². The topological polar surface area (TPSA) is 66.7 Å². The number of H-pyrrole nitrogens is 1. The second-order valence-corrected chi connectivity index (χ2v) is 4.64. The van der Waals surface area contributed by atoms with E-state index < -0.39 is 12.3 Å². The molecule has 5 nitrogen and oxygen atoms in total. The summed E-state index contributed by atoms with van der Waals surface area (Å²) in [5.41, 5.74) is 1.07. The van der Waals surface area contributed by atoms with Gasteiger partial charge in [0.1, 0.15) is 6.67 Å². The first-order valence-corrected chi connectivity index (χ1v) is 5.33. The molecule has 0 aliphatic heterocycles. The molecule has 0 aromatic carbocycles. The SMILES string of the molecule is CC(C)(O)Cn1cc(-c2[nH]ncc2CF)cn1. The third kappa shape index (κ3) is 2.71. The molecule has 2 rings (SSSR count). The van der Waals surface area contributed by atoms with Crippen molar-refractivity contribution in [2.75, 3.05) is 0 Å². The molecule has 2 N–H and O–H groups in total. The second kappa shape index (κ2) is 4.29. The molecule has 2 aromatic heterocycles. The molecule has 0 saturated heterocycles. The largest absolute Gasteiger partial charge is 0.389 e. The van der Waals surface area contributed by atoms with Crippen molar-refractivity contribution in [3.8, 4) is 11.3 Å². The molecule has 92 valence electrons. The Morgan fingerprint density at radius 3 is 2.88 bits per heavy atom. The predicted octanol–water partition coefficient (Wildman–Crippen LogP) is 1.51. The minimum absolute atomic E-state index is 0.381. The van der Waals surface area contributed by atoms with Gasteiger partial charge in [-0.05, 0) is 13.8 Å². The zero-order valence-electron chi connectivity index (χ0n) is 9.81. The van der Waals surface area contributed by atoms with Gasteiger partial charge in [-0.15, -0.1) is 0 Å². The average Bonchev–Trinajstić information content (AvgIpc) is 2.81. The number of aromatic amines is 1. The molecule has 0 saturated carbocycles. The molecule has 0 fully saturated rings. The molecule has 0 spiro atoms. The Labute approximate surface area is 98.3 Å². The van der Waals surface area contributed by atoms with Crippen LogP contribution in [0, 0.1) is 0 Å². The van der Waals surface area contributed by atoms with Crippen LogP contribution in [0.4, 0.5) is 4.39 Å². The van der Waals surface area contributed by atoms with Crippen molar-refractivity contribution in [3.05, 3.63) is 24.2 Å². The van der Waals surface area contributed by atoms with Gasteiger partial charge in [0.25, 0.3) is 0 Å². The van der Waals surface area contributed by atoms with Gasteiger partial charge in [-0.2, -0.15) is 10.2 Å². The number of hydrogen-bond donors (Lipinski definition) is 2. The lowest BCUT2D eigenvalue weighted by Gasteiger charge is -2.16. The van der Waals surface area contributed by atoms with Crippen molar-refractivity contribution in [1.29, 1.82) is 0 Å². The summed E-state index contributed by atoms with van der Waals surface area (Å²) >= 11 is 0. The van der Waals surface area contributed by atoms with Gasteiger partial charge in [0.2, 0.25) is 0 Å². The van der Waals surface area contributed by atoms with Gasteiger partial charge in [-0.25, -0.2) is 4.39 Å². The highest BCUT2D eigenvalue weighted by atomic mass is 19.1. The van der Waals surface area contributed by atoms with Crippen molar-refractivity contribution in [2.24, 2.45) is 0 Å². The van der Waals surface area contributed by atoms with Crippen LogP contribution in [0.5, 0.6) is 0 Å². The Morgan fingerprint density at radius 2 is 2.24 bits per heavy atom. The van der Waals surface area contributed by atoms with Gasteiger partial charge in [0, 0.05) is 17.3 Å². The summed E-state index contributed by atoms with van der Waals surface area (Å²) in [7, 11) is 0. The van der Waals surface area contributed by atoms with Crippen LogP contribution in [-0.4, -0.2) is 30.7 Å². The highest BCUT2D eigenvalue weighted by Gasteiger charge is 2.15. The van der Waals surface area contributed by atoms with Gasteiger partial charge in [-0.1, -0.05) is 0 Å². The van der Waals surface area contributed by atoms with Gasteiger partial charge in [-0.3, -0.25) is 9.78 Å². The van der Waals surface area contributed by atoms with E-state index in [0.29, 0.717) is 17.8 Å². The third-order valence-electron chi connectivity index (χ3n) is 2.33. The first-order valence-electron chi connectivity index (χ1n) is 5.33. The molecule has 0 aliphatic rings. The summed E-state index contributed by atoms with van der Waals surface area (Å²) in [5, 5.41) is 20.3. The Hall–Kier alpha value is -1.69. The molecule has 0 unspecified atom stereocenters. The number of aromatic nitrogens is 4. The number of rotatable bonds is 4. The van der Waals surface area contributed by atoms with Crippen molar-refractivity contribution < 1.29 is 9.50 Å². The minimum atomic E-state index is -0.833. The monoisotopic (exact) mass is 238 g/mol. The minimum Gasteiger partial charge on any atom is -0.389 e. The molecule has 17 heavy (non-hydrogen) atoms. The van der Waals surface area contributed by atoms with E-state index in [9.17, 15) is 9.50 Å². The Balaban J connectivity index is 2.24. The zero-order chi connectivity index (χ0) is 12.5. The van der Waals surface area contributed by atoms with E-state index in [1.165, 1.54) is 6.20 Å². The summed E-state index contributed by atoms with van der Waals surface area (Å²) in [6.07, 6.45) is 4.84. The number of halogens is 1. The number of nitrogens with zero attached hydrogens (tertiary/aromatic N) is 3. The molecule has 2 aromatic rings. The molecular weight excluding hydrogens is 223 g/mol. The third-order valence-corrected chi connectivity index (χ3v) is 2.33. The van der Waals surface area contributed by atoms with Gasteiger partial charge >= 0.3 is 0 Å². The van der Waals surface area contributed by atoms with Crippen molar-refractivity contribution in [3.63, 3.8) is 0 Å². The van der Waals surface area contributed by atoms with Crippen LogP contribution < -0.4 is 0 Å². The lowest BCUT2D eigenvalue weighted by molar-refractivity contribution is 0.0577. The molecular formula is C11H15FN4O. The quantitative estimate of drug-likeness (QED) is 0.848. The summed E-state index contributed by atoms with van der Waals surface area (Å²) in [6.45, 7) is 3.23. The molecule has 0 amide bonds. The summed E-state index contributed by atoms with van der Waals surface area (Å²) in [5.74, 6) is 0. The Kier molecular flexibility index (Phi) is 2.97. The molecule has 0 bridgehead atoms. The lowest BCUT2D eigenvalue weighted by Crippen LogP contribution is -2.26. The van der Waals surface area contributed by atoms with E-state index >= 15 is 0 Å². The maximum atomic E-state index is 12.7. The number of alkyl halides is 1. The average molecular weight is 238 g/mol. The van der Waals surface area contributed by atoms with Crippen LogP contribution in [0.1, 0.15) is 19.4 Å². The van der Waals surface area contributed by atoms with Crippen LogP contribution in [0.25, 0.3) is 11.3 Å². The summed E-state index contributed by atoms with van der Waals surface area (Å²) < 4.78 is 14.3. The Bertz CT molecular complexity index is 498. The van der Waals surface area contributed by atoms with Gasteiger partial charge < -0.3 is 5.11 Å². The highest BCUT2D eigenvalue weighted by molar-refractivity contribution is 5.60. The number of aliphatic hydroxyl groups is 1. The second-order valence-electron chi connectivity index (χ2n) is 4.64. The number of hydrogen-bond acceptors (Lipinski definition) is 3. The molecule has 0 atom stereocenters. The molecule has 2 heterocycles. The molecule has 0 aliphatic carbocycles. The van der Waals surface area contributed by atoms with E-state index in [0.717, 1.165) is 5.56 Å². The van der Waals surface area contributed by atoms with E-state index in [2.05, 4.69) is 15.3 Å². The van der Waals surface area contributed by atoms with Gasteiger partial charge in [0.05, 0.1) is 30.2 Å². The number of nitrogens with one attached hydrogen (secondary N) is 1. The fraction of sp³-hybridized carbons (Fsp3) is 0.455. The summed E-state index contributed by atoms with van der Waals surface area (Å²) in [6, 6.07) is 0. The molecule has 0 radical (unpaired) electrons. The Morgan fingerprint density at radius 1 is 1.47 bits per heavy atom. The zero-order valence-corrected chi connectivity index (χ0v) is 9.81. The maximum Gasteiger partial charge on any atom is 0.118 e. The first-order chi connectivity index (χ1) is 7.99. The van der Waals surface area contributed by atoms with Crippen LogP contribution in [0.3, 0.4) is 0 Å². The fourth-order valence-electron chi connectivity index (χ4n) is 1.64. The van der Waals surface area contributed by atoms with Crippen molar-refractivity contribution in [1.82, 2.24) is 20.0 Å². The van der Waals surface area contributed by atoms with Crippen LogP contribution >= 0.6 is 0 Å². The van der Waals surface area contributed by atoms with Crippen LogP contribution in [0.15, 0.2) is 18.6 Å². The fourth-order valence-corrected chi connectivity index (χ4v) is 1.64. The smallest absolute Gasteiger partial charge is 0.118 e. The first kappa shape index (κ1) is 11.8. The summed E-state index contributed by atoms with van der Waals surface area (Å²) in [4.78, 5) is 0. The molecule has 6 heteroatoms. The van der Waals surface area contributed by atoms with E-state index in [1.807, 2.05) is 0 Å². The van der Waals surface area contributed by atoms with E-state index in [1.54, 1.807) is 30.9 Å². The predicted molar refractivity (Wildman–Crippen MR) is 60.9 cm³/mol. The van der Waals surface area contributed by atoms with Crippen LogP contribution in [0.2, 0.25) is 0 Å². The van der Waals surface area contributed by atoms with Crippen molar-refractivity contribution >= 4 is 0 Å². The van der Waals surface area contributed by atoms with E-state index in [4.69, 9.17) is 0 Å². The van der Waals surface area contributed by atoms with E-state index in [-0.39, 0.29) is 0 Å². The normalized spacial score (nSPS) is 12.0. The maximum absolute atomic E-state index is 12.7.